The Morgan fingerprint density at radius 3 is 2.44 bits per heavy atom. The number of hydrogen-bond donors (Lipinski definition) is 0. The van der Waals surface area contributed by atoms with Crippen molar-refractivity contribution in [1.29, 1.82) is 0 Å². The number of halogens is 2. The summed E-state index contributed by atoms with van der Waals surface area (Å²) in [5.74, 6) is 0. The van der Waals surface area contributed by atoms with Gasteiger partial charge in [0.05, 0.1) is 0 Å². The van der Waals surface area contributed by atoms with Gasteiger partial charge in [-0.25, -0.2) is 12.1 Å². The molecule has 0 radical (unpaired) electrons. The summed E-state index contributed by atoms with van der Waals surface area (Å²) in [5, 5.41) is 0.419. The molecular weight excluding hydrogens is 255 g/mol. The third-order valence-corrected chi connectivity index (χ3v) is 0.779. The molecule has 0 spiro atoms. The summed E-state index contributed by atoms with van der Waals surface area (Å²) in [4.78, 5) is 3.69. The zero-order valence-electron chi connectivity index (χ0n) is 4.64. The summed E-state index contributed by atoms with van der Waals surface area (Å²) in [5.41, 5.74) is 0. The van der Waals surface area contributed by atoms with E-state index in [1.54, 1.807) is 18.3 Å². The Morgan fingerprint density at radius 2 is 2.22 bits per heavy atom. The van der Waals surface area contributed by atoms with Crippen LogP contribution in [-0.2, 0) is 19.5 Å². The van der Waals surface area contributed by atoms with Crippen LogP contribution in [0.1, 0.15) is 0 Å². The van der Waals surface area contributed by atoms with Crippen molar-refractivity contribution in [3.8, 4) is 0 Å². The van der Waals surface area contributed by atoms with Gasteiger partial charge >= 0.3 is 19.5 Å². The van der Waals surface area contributed by atoms with Crippen molar-refractivity contribution in [2.24, 2.45) is 0 Å². The van der Waals surface area contributed by atoms with Crippen molar-refractivity contribution in [3.63, 3.8) is 0 Å². The third-order valence-electron chi connectivity index (χ3n) is 0.573. The van der Waals surface area contributed by atoms with Gasteiger partial charge in [0.25, 0.3) is 0 Å². The van der Waals surface area contributed by atoms with E-state index in [-0.39, 0.29) is 36.5 Å². The average molecular weight is 258 g/mol. The summed E-state index contributed by atoms with van der Waals surface area (Å²) < 4.78 is 0. The fourth-order valence-corrected chi connectivity index (χ4v) is 0.425. The van der Waals surface area contributed by atoms with Gasteiger partial charge in [0.1, 0.15) is 0 Å². The van der Waals surface area contributed by atoms with Gasteiger partial charge in [-0.3, -0.25) is 4.98 Å². The second-order valence-corrected chi connectivity index (χ2v) is 1.43. The second-order valence-electron chi connectivity index (χ2n) is 1.07. The quantitative estimate of drug-likeness (QED) is 0.315. The smallest absolute Gasteiger partial charge is 1.00 e. The van der Waals surface area contributed by atoms with E-state index in [2.05, 4.69) is 11.1 Å². The SMILES string of the molecule is Clc1[c-]cccn1.[Br-].[Zn+2]. The maximum absolute atomic E-state index is 5.37. The van der Waals surface area contributed by atoms with Crippen LogP contribution in [0.25, 0.3) is 0 Å². The Morgan fingerprint density at radius 1 is 1.56 bits per heavy atom. The fourth-order valence-electron chi connectivity index (χ4n) is 0.306. The molecule has 1 nitrogen and oxygen atoms in total. The van der Waals surface area contributed by atoms with Crippen LogP contribution in [0, 0.1) is 6.07 Å². The monoisotopic (exact) mass is 255 g/mol. The number of rotatable bonds is 0. The van der Waals surface area contributed by atoms with Gasteiger partial charge in [-0.15, -0.1) is 0 Å². The molecule has 9 heavy (non-hydrogen) atoms. The molecule has 0 atom stereocenters. The van der Waals surface area contributed by atoms with Crippen molar-refractivity contribution in [3.05, 3.63) is 29.5 Å². The zero-order valence-corrected chi connectivity index (χ0v) is 9.95. The van der Waals surface area contributed by atoms with Gasteiger partial charge in [0, 0.05) is 5.15 Å². The van der Waals surface area contributed by atoms with E-state index < -0.39 is 0 Å². The molecule has 0 aliphatic rings. The Hall–Kier alpha value is 0.543. The number of pyridine rings is 1. The van der Waals surface area contributed by atoms with Crippen LogP contribution in [-0.4, -0.2) is 4.98 Å². The first-order valence-corrected chi connectivity index (χ1v) is 2.25. The molecule has 0 unspecified atom stereocenters. The minimum atomic E-state index is 0. The third kappa shape index (κ3) is 5.01. The van der Waals surface area contributed by atoms with Gasteiger partial charge < -0.3 is 17.0 Å². The van der Waals surface area contributed by atoms with Gasteiger partial charge in [0.2, 0.25) is 0 Å². The van der Waals surface area contributed by atoms with E-state index in [1.807, 2.05) is 0 Å². The first-order chi connectivity index (χ1) is 3.39. The number of hydrogen-bond acceptors (Lipinski definition) is 1. The molecule has 1 aromatic heterocycles. The molecule has 0 bridgehead atoms. The Bertz CT molecular complexity index is 147. The summed E-state index contributed by atoms with van der Waals surface area (Å²) in [7, 11) is 0. The Labute approximate surface area is 82.4 Å². The standard InChI is InChI=1S/C5H3ClN.BrH.Zn/c6-5-3-1-2-4-7-5;;/h1-2,4H;1H;/q-1;;+2/p-1. The molecule has 0 amide bonds. The van der Waals surface area contributed by atoms with Crippen molar-refractivity contribution < 1.29 is 36.5 Å². The molecule has 0 aliphatic carbocycles. The molecule has 1 heterocycles. The van der Waals surface area contributed by atoms with Crippen LogP contribution in [0.2, 0.25) is 5.15 Å². The van der Waals surface area contributed by atoms with E-state index in [9.17, 15) is 0 Å². The van der Waals surface area contributed by atoms with E-state index in [4.69, 9.17) is 11.6 Å². The van der Waals surface area contributed by atoms with Crippen molar-refractivity contribution in [2.75, 3.05) is 0 Å². The van der Waals surface area contributed by atoms with Crippen LogP contribution in [0.3, 0.4) is 0 Å². The summed E-state index contributed by atoms with van der Waals surface area (Å²) in [6.07, 6.45) is 1.62. The molecule has 0 N–H and O–H groups in total. The normalized spacial score (nSPS) is 6.78. The van der Waals surface area contributed by atoms with Gasteiger partial charge in [0.15, 0.2) is 0 Å². The first kappa shape index (κ1) is 12.2. The van der Waals surface area contributed by atoms with E-state index in [1.165, 1.54) is 0 Å². The molecular formula is C5H3BrClNZn. The summed E-state index contributed by atoms with van der Waals surface area (Å²) >= 11 is 5.37. The predicted octanol–water partition coefficient (Wildman–Crippen LogP) is -1.46. The van der Waals surface area contributed by atoms with Crippen LogP contribution >= 0.6 is 11.6 Å². The molecule has 0 saturated heterocycles. The summed E-state index contributed by atoms with van der Waals surface area (Å²) in [6.45, 7) is 0. The molecule has 0 saturated carbocycles. The topological polar surface area (TPSA) is 12.9 Å². The second kappa shape index (κ2) is 6.66. The Kier molecular flexibility index (Phi) is 9.06. The van der Waals surface area contributed by atoms with Crippen LogP contribution < -0.4 is 17.0 Å². The molecule has 0 fully saturated rings. The average Bonchev–Trinajstić information content (AvgIpc) is 1.69. The van der Waals surface area contributed by atoms with Crippen LogP contribution in [0.15, 0.2) is 18.3 Å². The van der Waals surface area contributed by atoms with Crippen molar-refractivity contribution in [1.82, 2.24) is 4.98 Å². The molecule has 1 rings (SSSR count). The first-order valence-electron chi connectivity index (χ1n) is 1.88. The predicted molar refractivity (Wildman–Crippen MR) is 28.1 cm³/mol. The maximum atomic E-state index is 5.37. The van der Waals surface area contributed by atoms with E-state index in [0.717, 1.165) is 0 Å². The minimum Gasteiger partial charge on any atom is -1.00 e. The van der Waals surface area contributed by atoms with Crippen LogP contribution in [0.4, 0.5) is 0 Å². The largest absolute Gasteiger partial charge is 2.00 e. The maximum Gasteiger partial charge on any atom is 2.00 e. The van der Waals surface area contributed by atoms with Crippen LogP contribution in [0.5, 0.6) is 0 Å². The molecule has 0 aliphatic heterocycles. The van der Waals surface area contributed by atoms with Crippen molar-refractivity contribution >= 4 is 11.6 Å². The Balaban J connectivity index is 0. The van der Waals surface area contributed by atoms with Gasteiger partial charge in [-0.05, 0) is 0 Å². The van der Waals surface area contributed by atoms with Crippen molar-refractivity contribution in [2.45, 2.75) is 0 Å². The zero-order chi connectivity index (χ0) is 5.11. The molecule has 0 aromatic carbocycles. The number of nitrogens with zero attached hydrogens (tertiary/aromatic N) is 1. The van der Waals surface area contributed by atoms with E-state index >= 15 is 0 Å². The number of aromatic nitrogens is 1. The minimum absolute atomic E-state index is 0. The molecule has 44 valence electrons. The summed E-state index contributed by atoms with van der Waals surface area (Å²) in [6, 6.07) is 6.17. The van der Waals surface area contributed by atoms with Gasteiger partial charge in [-0.2, -0.15) is 6.07 Å². The molecule has 1 aromatic rings. The molecule has 4 heteroatoms. The van der Waals surface area contributed by atoms with Gasteiger partial charge in [-0.1, -0.05) is 17.8 Å². The van der Waals surface area contributed by atoms with E-state index in [0.29, 0.717) is 5.15 Å². The fraction of sp³-hybridized carbons (Fsp3) is 0.